The minimum absolute atomic E-state index is 0.146. The van der Waals surface area contributed by atoms with Crippen molar-refractivity contribution in [2.75, 3.05) is 0 Å². The molecule has 0 N–H and O–H groups in total. The SMILES string of the molecule is Cc1ccc(-c2ccc(C(C)(C)Cc3cc(CC(C)(C)c4ccc(-c5ccc(C)cc5)nc4)cc(CC(C)(C)c4cnc(-c5ccccc5)cc4-c4ccccc4)c3)cn2)cc1. The van der Waals surface area contributed by atoms with Gasteiger partial charge in [-0.1, -0.05) is 192 Å². The summed E-state index contributed by atoms with van der Waals surface area (Å²) in [6.45, 7) is 18.4. The Morgan fingerprint density at radius 3 is 1.16 bits per heavy atom. The summed E-state index contributed by atoms with van der Waals surface area (Å²) >= 11 is 0. The van der Waals surface area contributed by atoms with E-state index in [1.54, 1.807) is 0 Å². The summed E-state index contributed by atoms with van der Waals surface area (Å²) in [7, 11) is 0. The van der Waals surface area contributed by atoms with E-state index in [2.05, 4.69) is 232 Å². The molecule has 0 atom stereocenters. The first-order valence-corrected chi connectivity index (χ1v) is 22.0. The molecule has 0 aliphatic rings. The topological polar surface area (TPSA) is 38.7 Å². The largest absolute Gasteiger partial charge is 0.256 e. The zero-order chi connectivity index (χ0) is 43.5. The normalized spacial score (nSPS) is 12.1. The Balaban J connectivity index is 1.14. The highest BCUT2D eigenvalue weighted by atomic mass is 14.7. The second-order valence-electron chi connectivity index (χ2n) is 19.3. The van der Waals surface area contributed by atoms with E-state index in [1.807, 2.05) is 0 Å². The zero-order valence-corrected chi connectivity index (χ0v) is 37.7. The Bertz CT molecular complexity index is 2620. The van der Waals surface area contributed by atoms with Crippen molar-refractivity contribution in [3.05, 3.63) is 221 Å². The van der Waals surface area contributed by atoms with E-state index >= 15 is 0 Å². The Morgan fingerprint density at radius 2 is 0.742 bits per heavy atom. The van der Waals surface area contributed by atoms with Gasteiger partial charge in [-0.3, -0.25) is 15.0 Å². The molecule has 3 heteroatoms. The maximum absolute atomic E-state index is 5.09. The van der Waals surface area contributed by atoms with Crippen LogP contribution in [0.1, 0.15) is 86.1 Å². The highest BCUT2D eigenvalue weighted by Gasteiger charge is 2.29. The van der Waals surface area contributed by atoms with Crippen molar-refractivity contribution >= 4 is 0 Å². The van der Waals surface area contributed by atoms with Crippen LogP contribution in [0.4, 0.5) is 0 Å². The van der Waals surface area contributed by atoms with Gasteiger partial charge in [0.2, 0.25) is 0 Å². The van der Waals surface area contributed by atoms with E-state index in [-0.39, 0.29) is 16.2 Å². The molecule has 0 bridgehead atoms. The van der Waals surface area contributed by atoms with E-state index in [0.29, 0.717) is 0 Å². The van der Waals surface area contributed by atoms with E-state index < -0.39 is 0 Å². The van der Waals surface area contributed by atoms with E-state index in [9.17, 15) is 0 Å². The number of rotatable bonds is 13. The average molecular weight is 810 g/mol. The first-order chi connectivity index (χ1) is 29.7. The highest BCUT2D eigenvalue weighted by Crippen LogP contribution is 2.39. The second kappa shape index (κ2) is 17.5. The zero-order valence-electron chi connectivity index (χ0n) is 37.7. The third-order valence-corrected chi connectivity index (χ3v) is 12.6. The van der Waals surface area contributed by atoms with Crippen molar-refractivity contribution in [2.45, 2.75) is 90.9 Å². The molecule has 0 saturated carbocycles. The van der Waals surface area contributed by atoms with Crippen molar-refractivity contribution in [3.8, 4) is 44.9 Å². The van der Waals surface area contributed by atoms with Crippen LogP contribution in [0.2, 0.25) is 0 Å². The van der Waals surface area contributed by atoms with Crippen LogP contribution in [0.3, 0.4) is 0 Å². The first kappa shape index (κ1) is 42.2. The van der Waals surface area contributed by atoms with Crippen LogP contribution in [-0.4, -0.2) is 15.0 Å². The van der Waals surface area contributed by atoms with Gasteiger partial charge in [0.05, 0.1) is 17.1 Å². The summed E-state index contributed by atoms with van der Waals surface area (Å²) in [5.41, 5.74) is 18.5. The first-order valence-electron chi connectivity index (χ1n) is 22.0. The molecule has 8 rings (SSSR count). The van der Waals surface area contributed by atoms with Crippen molar-refractivity contribution in [2.24, 2.45) is 0 Å². The van der Waals surface area contributed by atoms with E-state index in [4.69, 9.17) is 15.0 Å². The summed E-state index contributed by atoms with van der Waals surface area (Å²) in [4.78, 5) is 15.0. The molecule has 3 nitrogen and oxygen atoms in total. The van der Waals surface area contributed by atoms with Gasteiger partial charge >= 0.3 is 0 Å². The molecule has 0 radical (unpaired) electrons. The third-order valence-electron chi connectivity index (χ3n) is 12.6. The van der Waals surface area contributed by atoms with Gasteiger partial charge in [-0.2, -0.15) is 0 Å². The minimum Gasteiger partial charge on any atom is -0.256 e. The molecule has 0 saturated heterocycles. The van der Waals surface area contributed by atoms with Gasteiger partial charge in [0.15, 0.2) is 0 Å². The highest BCUT2D eigenvalue weighted by molar-refractivity contribution is 5.74. The van der Waals surface area contributed by atoms with Crippen molar-refractivity contribution in [1.29, 1.82) is 0 Å². The van der Waals surface area contributed by atoms with Crippen LogP contribution in [0.5, 0.6) is 0 Å². The van der Waals surface area contributed by atoms with Crippen molar-refractivity contribution in [1.82, 2.24) is 15.0 Å². The molecular weight excluding hydrogens is 751 g/mol. The molecule has 0 spiro atoms. The summed E-state index contributed by atoms with van der Waals surface area (Å²) in [6.07, 6.45) is 8.92. The summed E-state index contributed by atoms with van der Waals surface area (Å²) in [6, 6.07) is 57.1. The maximum Gasteiger partial charge on any atom is 0.0708 e. The fourth-order valence-corrected chi connectivity index (χ4v) is 8.97. The quantitative estimate of drug-likeness (QED) is 0.116. The number of aryl methyl sites for hydroxylation is 2. The number of hydrogen-bond donors (Lipinski definition) is 0. The molecule has 5 aromatic carbocycles. The smallest absolute Gasteiger partial charge is 0.0708 e. The molecule has 0 fully saturated rings. The van der Waals surface area contributed by atoms with Gasteiger partial charge in [0.25, 0.3) is 0 Å². The Hall–Kier alpha value is -6.45. The minimum atomic E-state index is -0.222. The Labute approximate surface area is 370 Å². The van der Waals surface area contributed by atoms with Crippen LogP contribution >= 0.6 is 0 Å². The predicted molar refractivity (Wildman–Crippen MR) is 261 cm³/mol. The molecule has 0 aliphatic carbocycles. The third kappa shape index (κ3) is 9.69. The van der Waals surface area contributed by atoms with Crippen LogP contribution in [-0.2, 0) is 35.5 Å². The van der Waals surface area contributed by atoms with Crippen LogP contribution in [0, 0.1) is 13.8 Å². The standard InChI is InChI=1S/C59H59N3/c1-41-19-23-48(24-20-41)54-29-27-50(38-60-54)57(3,4)35-43-31-44(36-58(5,6)51-28-30-55(61-39-51)49-25-21-42(2)22-26-49)33-45(32-43)37-59(7,8)53-40-62-56(47-17-13-10-14-18-47)34-52(53)46-15-11-9-12-16-46/h9-34,38-40H,35-37H2,1-8H3. The molecule has 62 heavy (non-hydrogen) atoms. The Morgan fingerprint density at radius 1 is 0.355 bits per heavy atom. The molecule has 310 valence electrons. The van der Waals surface area contributed by atoms with Crippen molar-refractivity contribution in [3.63, 3.8) is 0 Å². The van der Waals surface area contributed by atoms with Gasteiger partial charge in [-0.25, -0.2) is 0 Å². The number of nitrogens with zero attached hydrogens (tertiary/aromatic N) is 3. The maximum atomic E-state index is 5.09. The van der Waals surface area contributed by atoms with Gasteiger partial charge < -0.3 is 0 Å². The van der Waals surface area contributed by atoms with Gasteiger partial charge in [0, 0.05) is 35.3 Å². The van der Waals surface area contributed by atoms with Crippen LogP contribution in [0.25, 0.3) is 44.9 Å². The number of pyridine rings is 3. The number of hydrogen-bond acceptors (Lipinski definition) is 3. The van der Waals surface area contributed by atoms with Gasteiger partial charge in [-0.05, 0) is 112 Å². The fraction of sp³-hybridized carbons (Fsp3) is 0.237. The molecule has 0 aliphatic heterocycles. The van der Waals surface area contributed by atoms with E-state index in [0.717, 1.165) is 53.0 Å². The van der Waals surface area contributed by atoms with Crippen LogP contribution < -0.4 is 0 Å². The second-order valence-corrected chi connectivity index (χ2v) is 19.3. The predicted octanol–water partition coefficient (Wildman–Crippen LogP) is 14.7. The average Bonchev–Trinajstić information content (AvgIpc) is 3.27. The van der Waals surface area contributed by atoms with Crippen molar-refractivity contribution < 1.29 is 0 Å². The monoisotopic (exact) mass is 809 g/mol. The van der Waals surface area contributed by atoms with Gasteiger partial charge in [0.1, 0.15) is 0 Å². The number of aromatic nitrogens is 3. The Kier molecular flexibility index (Phi) is 11.9. The summed E-state index contributed by atoms with van der Waals surface area (Å²) in [5, 5.41) is 0. The van der Waals surface area contributed by atoms with E-state index in [1.165, 1.54) is 55.6 Å². The summed E-state index contributed by atoms with van der Waals surface area (Å²) < 4.78 is 0. The lowest BCUT2D eigenvalue weighted by Gasteiger charge is -2.31. The van der Waals surface area contributed by atoms with Gasteiger partial charge in [-0.15, -0.1) is 0 Å². The lowest BCUT2D eigenvalue weighted by molar-refractivity contribution is 0.506. The molecule has 3 aromatic heterocycles. The fourth-order valence-electron chi connectivity index (χ4n) is 8.97. The summed E-state index contributed by atoms with van der Waals surface area (Å²) in [5.74, 6) is 0. The lowest BCUT2D eigenvalue weighted by Crippen LogP contribution is -2.24. The molecule has 0 amide bonds. The number of benzene rings is 5. The molecular formula is C59H59N3. The molecule has 0 unspecified atom stereocenters. The molecule has 8 aromatic rings. The molecule has 3 heterocycles. The van der Waals surface area contributed by atoms with Crippen LogP contribution in [0.15, 0.2) is 176 Å². The lowest BCUT2D eigenvalue weighted by atomic mass is 9.74.